The predicted molar refractivity (Wildman–Crippen MR) is 83.7 cm³/mol. The summed E-state index contributed by atoms with van der Waals surface area (Å²) in [7, 11) is 0. The highest BCUT2D eigenvalue weighted by Crippen LogP contribution is 2.25. The van der Waals surface area contributed by atoms with Crippen molar-refractivity contribution in [1.82, 2.24) is 14.8 Å². The molecule has 0 aliphatic rings. The lowest BCUT2D eigenvalue weighted by atomic mass is 10.2. The van der Waals surface area contributed by atoms with Crippen LogP contribution >= 0.6 is 11.6 Å². The normalized spacial score (nSPS) is 10.7. The lowest BCUT2D eigenvalue weighted by molar-refractivity contribution is -0.386. The van der Waals surface area contributed by atoms with Crippen molar-refractivity contribution in [3.8, 4) is 11.6 Å². The third kappa shape index (κ3) is 3.41. The van der Waals surface area contributed by atoms with Gasteiger partial charge in [0.15, 0.2) is 0 Å². The van der Waals surface area contributed by atoms with Gasteiger partial charge in [-0.3, -0.25) is 10.1 Å². The van der Waals surface area contributed by atoms with Crippen molar-refractivity contribution in [2.24, 2.45) is 0 Å². The molecule has 0 N–H and O–H groups in total. The molecule has 0 fully saturated rings. The largest absolute Gasteiger partial charge is 0.471 e. The Labute approximate surface area is 144 Å². The quantitative estimate of drug-likeness (QED) is 0.390. The second kappa shape index (κ2) is 6.81. The van der Waals surface area contributed by atoms with Crippen molar-refractivity contribution in [3.63, 3.8) is 0 Å². The zero-order valence-corrected chi connectivity index (χ0v) is 13.2. The van der Waals surface area contributed by atoms with Gasteiger partial charge in [-0.2, -0.15) is 4.39 Å². The lowest BCUT2D eigenvalue weighted by Gasteiger charge is -2.06. The average molecular weight is 367 g/mol. The summed E-state index contributed by atoms with van der Waals surface area (Å²) in [6.07, 6.45) is 2.58. The number of aromatic nitrogens is 3. The molecule has 7 nitrogen and oxygen atoms in total. The van der Waals surface area contributed by atoms with Gasteiger partial charge in [0.05, 0.1) is 9.95 Å². The maximum atomic E-state index is 13.8. The van der Waals surface area contributed by atoms with E-state index < -0.39 is 29.0 Å². The summed E-state index contributed by atoms with van der Waals surface area (Å²) >= 11 is 5.92. The molecule has 1 aromatic carbocycles. The van der Waals surface area contributed by atoms with E-state index >= 15 is 0 Å². The summed E-state index contributed by atoms with van der Waals surface area (Å²) in [4.78, 5) is 13.7. The van der Waals surface area contributed by atoms with Gasteiger partial charge in [-0.15, -0.1) is 5.10 Å². The summed E-state index contributed by atoms with van der Waals surface area (Å²) in [6, 6.07) is 6.28. The van der Waals surface area contributed by atoms with E-state index in [1.165, 1.54) is 36.7 Å². The van der Waals surface area contributed by atoms with Crippen LogP contribution < -0.4 is 4.74 Å². The van der Waals surface area contributed by atoms with Crippen LogP contribution in [0.2, 0.25) is 5.02 Å². The second-order valence-corrected chi connectivity index (χ2v) is 5.22. The zero-order chi connectivity index (χ0) is 18.0. The van der Waals surface area contributed by atoms with Crippen LogP contribution in [0.15, 0.2) is 42.7 Å². The number of hydrogen-bond donors (Lipinski definition) is 0. The molecule has 3 rings (SSSR count). The van der Waals surface area contributed by atoms with Gasteiger partial charge in [0.1, 0.15) is 23.7 Å². The molecule has 0 saturated carbocycles. The van der Waals surface area contributed by atoms with Gasteiger partial charge in [-0.25, -0.2) is 14.1 Å². The van der Waals surface area contributed by atoms with E-state index in [4.69, 9.17) is 16.3 Å². The first-order chi connectivity index (χ1) is 12.0. The summed E-state index contributed by atoms with van der Waals surface area (Å²) in [5.41, 5.74) is -0.690. The van der Waals surface area contributed by atoms with Crippen molar-refractivity contribution in [1.29, 1.82) is 0 Å². The van der Waals surface area contributed by atoms with Crippen LogP contribution in [0.3, 0.4) is 0 Å². The summed E-state index contributed by atoms with van der Waals surface area (Å²) in [5.74, 6) is -1.58. The van der Waals surface area contributed by atoms with Crippen LogP contribution in [-0.4, -0.2) is 19.7 Å². The van der Waals surface area contributed by atoms with Gasteiger partial charge in [0, 0.05) is 24.5 Å². The number of nitrogens with zero attached hydrogens (tertiary/aromatic N) is 4. The standard InChI is InChI=1S/C15H9ClF2N4O3/c16-10-4-6-19-15(18)14(10)21-7-5-13(20-21)25-8-9-11(17)2-1-3-12(9)22(23)24/h1-7H,8H2. The Balaban J connectivity index is 1.83. The zero-order valence-electron chi connectivity index (χ0n) is 12.4. The third-order valence-corrected chi connectivity index (χ3v) is 3.58. The molecular weight excluding hydrogens is 358 g/mol. The minimum Gasteiger partial charge on any atom is -0.471 e. The van der Waals surface area contributed by atoms with Gasteiger partial charge in [-0.05, 0) is 12.1 Å². The fraction of sp³-hybridized carbons (Fsp3) is 0.0667. The van der Waals surface area contributed by atoms with Gasteiger partial charge >= 0.3 is 0 Å². The molecule has 0 spiro atoms. The number of ether oxygens (including phenoxy) is 1. The maximum absolute atomic E-state index is 13.8. The van der Waals surface area contributed by atoms with Crippen LogP contribution in [0.4, 0.5) is 14.5 Å². The Kier molecular flexibility index (Phi) is 4.57. The number of halogens is 3. The first-order valence-electron chi connectivity index (χ1n) is 6.88. The minimum absolute atomic E-state index is 0.0110. The molecule has 0 unspecified atom stereocenters. The Morgan fingerprint density at radius 3 is 2.80 bits per heavy atom. The second-order valence-electron chi connectivity index (χ2n) is 4.81. The molecule has 0 aliphatic carbocycles. The van der Waals surface area contributed by atoms with Crippen molar-refractivity contribution in [2.45, 2.75) is 6.61 Å². The van der Waals surface area contributed by atoms with E-state index in [0.29, 0.717) is 0 Å². The molecule has 0 aliphatic heterocycles. The molecule has 3 aromatic rings. The molecule has 10 heteroatoms. The molecular formula is C15H9ClF2N4O3. The van der Waals surface area contributed by atoms with Gasteiger partial charge in [-0.1, -0.05) is 17.7 Å². The van der Waals surface area contributed by atoms with Crippen LogP contribution in [-0.2, 0) is 6.61 Å². The topological polar surface area (TPSA) is 83.1 Å². The molecule has 0 saturated heterocycles. The number of nitro groups is 1. The van der Waals surface area contributed by atoms with E-state index in [1.54, 1.807) is 0 Å². The van der Waals surface area contributed by atoms with E-state index in [0.717, 1.165) is 10.7 Å². The van der Waals surface area contributed by atoms with Gasteiger partial charge < -0.3 is 4.74 Å². The fourth-order valence-corrected chi connectivity index (χ4v) is 2.35. The summed E-state index contributed by atoms with van der Waals surface area (Å²) in [6.45, 7) is -0.413. The molecule has 128 valence electrons. The number of rotatable bonds is 5. The van der Waals surface area contributed by atoms with Gasteiger partial charge in [0.2, 0.25) is 11.8 Å². The third-order valence-electron chi connectivity index (χ3n) is 3.28. The van der Waals surface area contributed by atoms with Crippen LogP contribution in [0, 0.1) is 21.9 Å². The Hall–Kier alpha value is -3.07. The molecule has 0 amide bonds. The van der Waals surface area contributed by atoms with Crippen LogP contribution in [0.1, 0.15) is 5.56 Å². The maximum Gasteiger partial charge on any atom is 0.278 e. The number of nitro benzene ring substituents is 1. The molecule has 0 radical (unpaired) electrons. The highest BCUT2D eigenvalue weighted by molar-refractivity contribution is 6.32. The van der Waals surface area contributed by atoms with Crippen LogP contribution in [0.25, 0.3) is 5.69 Å². The predicted octanol–water partition coefficient (Wildman–Crippen LogP) is 3.69. The number of pyridine rings is 1. The van der Waals surface area contributed by atoms with E-state index in [-0.39, 0.29) is 22.2 Å². The lowest BCUT2D eigenvalue weighted by Crippen LogP contribution is -2.05. The van der Waals surface area contributed by atoms with E-state index in [9.17, 15) is 18.9 Å². The van der Waals surface area contributed by atoms with E-state index in [2.05, 4.69) is 10.1 Å². The van der Waals surface area contributed by atoms with Crippen molar-refractivity contribution >= 4 is 17.3 Å². The van der Waals surface area contributed by atoms with Gasteiger partial charge in [0.25, 0.3) is 5.69 Å². The molecule has 0 bridgehead atoms. The highest BCUT2D eigenvalue weighted by atomic mass is 35.5. The van der Waals surface area contributed by atoms with Crippen molar-refractivity contribution in [2.75, 3.05) is 0 Å². The SMILES string of the molecule is O=[N+]([O-])c1cccc(F)c1COc1ccn(-c2c(Cl)ccnc2F)n1. The number of benzene rings is 1. The molecule has 25 heavy (non-hydrogen) atoms. The minimum atomic E-state index is -0.827. The molecule has 0 atom stereocenters. The Morgan fingerprint density at radius 2 is 2.08 bits per heavy atom. The summed E-state index contributed by atoms with van der Waals surface area (Å²) in [5, 5.41) is 15.0. The fourth-order valence-electron chi connectivity index (χ4n) is 2.13. The monoisotopic (exact) mass is 366 g/mol. The van der Waals surface area contributed by atoms with E-state index in [1.807, 2.05) is 0 Å². The Morgan fingerprint density at radius 1 is 1.28 bits per heavy atom. The first-order valence-corrected chi connectivity index (χ1v) is 7.26. The molecule has 2 aromatic heterocycles. The first kappa shape index (κ1) is 16.8. The Bertz CT molecular complexity index is 928. The smallest absolute Gasteiger partial charge is 0.278 e. The number of hydrogen-bond acceptors (Lipinski definition) is 5. The average Bonchev–Trinajstić information content (AvgIpc) is 3.01. The van der Waals surface area contributed by atoms with Crippen LogP contribution in [0.5, 0.6) is 5.88 Å². The molecule has 2 heterocycles. The van der Waals surface area contributed by atoms with Crippen molar-refractivity contribution < 1.29 is 18.4 Å². The summed E-state index contributed by atoms with van der Waals surface area (Å²) < 4.78 is 34.0. The highest BCUT2D eigenvalue weighted by Gasteiger charge is 2.19. The van der Waals surface area contributed by atoms with Crippen molar-refractivity contribution in [3.05, 3.63) is 75.2 Å².